The molecule has 7 heteroatoms. The second-order valence-electron chi connectivity index (χ2n) is 4.30. The molecule has 1 heterocycles. The lowest BCUT2D eigenvalue weighted by Gasteiger charge is -2.12. The fraction of sp³-hybridized carbons (Fsp3) is 0.357. The number of unbranched alkanes of at least 4 members (excludes halogenated alkanes) is 1. The van der Waals surface area contributed by atoms with Gasteiger partial charge in [0.1, 0.15) is 6.04 Å². The molecule has 0 bridgehead atoms. The van der Waals surface area contributed by atoms with E-state index in [2.05, 4.69) is 27.1 Å². The molecule has 21 heavy (non-hydrogen) atoms. The van der Waals surface area contributed by atoms with Crippen molar-refractivity contribution >= 4 is 15.7 Å². The van der Waals surface area contributed by atoms with Crippen molar-refractivity contribution in [3.63, 3.8) is 0 Å². The summed E-state index contributed by atoms with van der Waals surface area (Å²) in [5, 5.41) is 2.34. The number of hydrogen-bond donors (Lipinski definition) is 1. The lowest BCUT2D eigenvalue weighted by Crippen LogP contribution is -2.27. The number of carbonyl (C=O) groups is 1. The molecule has 1 rings (SSSR count). The molecule has 0 aliphatic rings. The molecule has 0 aromatic carbocycles. The van der Waals surface area contributed by atoms with Crippen molar-refractivity contribution in [3.05, 3.63) is 18.0 Å². The smallest absolute Gasteiger partial charge is 0.246 e. The quantitative estimate of drug-likeness (QED) is 0.469. The van der Waals surface area contributed by atoms with Crippen LogP contribution in [0.5, 0.6) is 0 Å². The molecule has 1 N–H and O–H groups in total. The fourth-order valence-corrected chi connectivity index (χ4v) is 1.96. The predicted molar refractivity (Wildman–Crippen MR) is 77.5 cm³/mol. The van der Waals surface area contributed by atoms with Crippen LogP contribution in [0, 0.1) is 24.7 Å². The van der Waals surface area contributed by atoms with Gasteiger partial charge < -0.3 is 5.32 Å². The molecule has 1 aromatic rings. The summed E-state index contributed by atoms with van der Waals surface area (Å²) in [5.74, 6) is 4.61. The number of sulfone groups is 1. The van der Waals surface area contributed by atoms with Gasteiger partial charge in [-0.15, -0.1) is 18.8 Å². The summed E-state index contributed by atoms with van der Waals surface area (Å²) in [6.07, 6.45) is 15.4. The van der Waals surface area contributed by atoms with E-state index in [1.165, 1.54) is 12.4 Å². The fourth-order valence-electron chi connectivity index (χ4n) is 1.47. The molecule has 0 aliphatic carbocycles. The van der Waals surface area contributed by atoms with Crippen LogP contribution in [0.3, 0.4) is 0 Å². The third-order valence-electron chi connectivity index (χ3n) is 2.51. The molecule has 0 aliphatic heterocycles. The second-order valence-corrected chi connectivity index (χ2v) is 6.21. The Hall–Kier alpha value is -2.38. The van der Waals surface area contributed by atoms with Gasteiger partial charge >= 0.3 is 0 Å². The zero-order valence-corrected chi connectivity index (χ0v) is 12.4. The Bertz CT molecular complexity index is 682. The van der Waals surface area contributed by atoms with Crippen LogP contribution in [0.4, 0.5) is 0 Å². The Kier molecular flexibility index (Phi) is 5.89. The van der Waals surface area contributed by atoms with E-state index in [1.54, 1.807) is 0 Å². The van der Waals surface area contributed by atoms with E-state index in [9.17, 15) is 13.2 Å². The number of amides is 1. The minimum atomic E-state index is -3.47. The minimum absolute atomic E-state index is 0.236. The number of aromatic nitrogens is 2. The summed E-state index contributed by atoms with van der Waals surface area (Å²) in [6.45, 7) is 0. The van der Waals surface area contributed by atoms with Crippen molar-refractivity contribution in [2.24, 2.45) is 0 Å². The summed E-state index contributed by atoms with van der Waals surface area (Å²) >= 11 is 0. The summed E-state index contributed by atoms with van der Waals surface area (Å²) in [7, 11) is -3.47. The molecule has 0 fully saturated rings. The lowest BCUT2D eigenvalue weighted by atomic mass is 10.1. The first-order chi connectivity index (χ1) is 9.88. The van der Waals surface area contributed by atoms with Crippen LogP contribution in [0.1, 0.15) is 30.9 Å². The molecule has 0 saturated carbocycles. The number of nitrogens with zero attached hydrogens (tertiary/aromatic N) is 2. The normalized spacial score (nSPS) is 12.0. The van der Waals surface area contributed by atoms with Gasteiger partial charge in [0.05, 0.1) is 0 Å². The standard InChI is InChI=1S/C14H15N3O3S/c1-4-6-7-8-13(18)17-12(5-2)11-9-15-14(16-10-11)21(3,19)20/h1-2,9-10,12H,6-8H2,3H3,(H,17,18). The second kappa shape index (κ2) is 7.41. The Labute approximate surface area is 124 Å². The number of terminal acetylenes is 2. The van der Waals surface area contributed by atoms with Crippen LogP contribution in [0.2, 0.25) is 0 Å². The zero-order valence-electron chi connectivity index (χ0n) is 11.5. The monoisotopic (exact) mass is 305 g/mol. The van der Waals surface area contributed by atoms with E-state index in [0.717, 1.165) is 6.26 Å². The lowest BCUT2D eigenvalue weighted by molar-refractivity contribution is -0.121. The van der Waals surface area contributed by atoms with E-state index in [1.807, 2.05) is 0 Å². The van der Waals surface area contributed by atoms with E-state index >= 15 is 0 Å². The molecule has 0 saturated heterocycles. The molecule has 0 spiro atoms. The molecule has 1 atom stereocenters. The first kappa shape index (κ1) is 16.7. The van der Waals surface area contributed by atoms with Gasteiger partial charge in [-0.25, -0.2) is 18.4 Å². The van der Waals surface area contributed by atoms with Gasteiger partial charge in [-0.2, -0.15) is 0 Å². The molecular formula is C14H15N3O3S. The molecule has 1 unspecified atom stereocenters. The van der Waals surface area contributed by atoms with Crippen molar-refractivity contribution in [3.8, 4) is 24.7 Å². The van der Waals surface area contributed by atoms with Gasteiger partial charge in [0.2, 0.25) is 20.9 Å². The molecule has 1 amide bonds. The van der Waals surface area contributed by atoms with Crippen LogP contribution in [0.25, 0.3) is 0 Å². The maximum absolute atomic E-state index is 11.7. The van der Waals surface area contributed by atoms with Crippen LogP contribution >= 0.6 is 0 Å². The number of carbonyl (C=O) groups excluding carboxylic acids is 1. The Balaban J connectivity index is 2.76. The summed E-state index contributed by atoms with van der Waals surface area (Å²) < 4.78 is 22.5. The highest BCUT2D eigenvalue weighted by Gasteiger charge is 2.15. The maximum Gasteiger partial charge on any atom is 0.246 e. The molecule has 110 valence electrons. The van der Waals surface area contributed by atoms with Gasteiger partial charge in [-0.1, -0.05) is 5.92 Å². The van der Waals surface area contributed by atoms with Gasteiger partial charge in [-0.05, 0) is 6.42 Å². The predicted octanol–water partition coefficient (Wildman–Crippen LogP) is 0.474. The largest absolute Gasteiger partial charge is 0.338 e. The highest BCUT2D eigenvalue weighted by molar-refractivity contribution is 7.90. The van der Waals surface area contributed by atoms with Gasteiger partial charge in [0.15, 0.2) is 0 Å². The van der Waals surface area contributed by atoms with Crippen molar-refractivity contribution < 1.29 is 13.2 Å². The first-order valence-corrected chi connectivity index (χ1v) is 7.98. The number of nitrogens with one attached hydrogen (secondary N) is 1. The van der Waals surface area contributed by atoms with Crippen molar-refractivity contribution in [2.75, 3.05) is 6.26 Å². The van der Waals surface area contributed by atoms with Crippen LogP contribution in [-0.2, 0) is 14.6 Å². The minimum Gasteiger partial charge on any atom is -0.338 e. The Morgan fingerprint density at radius 3 is 2.48 bits per heavy atom. The molecular weight excluding hydrogens is 290 g/mol. The highest BCUT2D eigenvalue weighted by Crippen LogP contribution is 2.11. The highest BCUT2D eigenvalue weighted by atomic mass is 32.2. The van der Waals surface area contributed by atoms with Gasteiger partial charge in [-0.3, -0.25) is 4.79 Å². The number of rotatable bonds is 6. The van der Waals surface area contributed by atoms with Gasteiger partial charge in [0, 0.05) is 37.1 Å². The average Bonchev–Trinajstić information content (AvgIpc) is 2.44. The third kappa shape index (κ3) is 5.25. The SMILES string of the molecule is C#CCCCC(=O)NC(C#C)c1cnc(S(C)(=O)=O)nc1. The van der Waals surface area contributed by atoms with Crippen LogP contribution in [-0.4, -0.2) is 30.5 Å². The van der Waals surface area contributed by atoms with Crippen molar-refractivity contribution in [1.82, 2.24) is 15.3 Å². The van der Waals surface area contributed by atoms with E-state index in [0.29, 0.717) is 18.4 Å². The molecule has 6 nitrogen and oxygen atoms in total. The van der Waals surface area contributed by atoms with E-state index in [-0.39, 0.29) is 17.5 Å². The van der Waals surface area contributed by atoms with Crippen LogP contribution in [0.15, 0.2) is 17.6 Å². The molecule has 1 aromatic heterocycles. The summed E-state index contributed by atoms with van der Waals surface area (Å²) in [6, 6.07) is -0.711. The van der Waals surface area contributed by atoms with Crippen molar-refractivity contribution in [2.45, 2.75) is 30.5 Å². The Morgan fingerprint density at radius 2 is 2.00 bits per heavy atom. The topological polar surface area (TPSA) is 89.0 Å². The van der Waals surface area contributed by atoms with Gasteiger partial charge in [0.25, 0.3) is 0 Å². The summed E-state index contributed by atoms with van der Waals surface area (Å²) in [5.41, 5.74) is 0.440. The summed E-state index contributed by atoms with van der Waals surface area (Å²) in [4.78, 5) is 19.1. The third-order valence-corrected chi connectivity index (χ3v) is 3.38. The average molecular weight is 305 g/mol. The molecule has 0 radical (unpaired) electrons. The van der Waals surface area contributed by atoms with Crippen LogP contribution < -0.4 is 5.32 Å². The maximum atomic E-state index is 11.7. The van der Waals surface area contributed by atoms with Crippen molar-refractivity contribution in [1.29, 1.82) is 0 Å². The van der Waals surface area contributed by atoms with E-state index < -0.39 is 15.9 Å². The first-order valence-electron chi connectivity index (χ1n) is 6.09. The Morgan fingerprint density at radius 1 is 1.38 bits per heavy atom. The van der Waals surface area contributed by atoms with E-state index in [4.69, 9.17) is 12.8 Å². The number of hydrogen-bond acceptors (Lipinski definition) is 5. The zero-order chi connectivity index (χ0) is 15.9.